The molecule has 0 unspecified atom stereocenters. The lowest BCUT2D eigenvalue weighted by Gasteiger charge is -2.06. The molecule has 0 aliphatic carbocycles. The topological polar surface area (TPSA) is 35.5 Å². The fraction of sp³-hybridized carbons (Fsp3) is 0.500. The van der Waals surface area contributed by atoms with Gasteiger partial charge in [0.15, 0.2) is 0 Å². The van der Waals surface area contributed by atoms with Gasteiger partial charge in [-0.3, -0.25) is 0 Å². The summed E-state index contributed by atoms with van der Waals surface area (Å²) >= 11 is 0. The molecule has 0 fully saturated rings. The Balaban J connectivity index is 2.13. The molecular formula is C18H26O3. The summed E-state index contributed by atoms with van der Waals surface area (Å²) in [6.07, 6.45) is 11.6. The molecule has 3 heteroatoms. The molecule has 0 saturated carbocycles. The summed E-state index contributed by atoms with van der Waals surface area (Å²) in [5, 5.41) is 0. The second-order valence-corrected chi connectivity index (χ2v) is 4.97. The van der Waals surface area contributed by atoms with Crippen LogP contribution in [0, 0.1) is 0 Å². The van der Waals surface area contributed by atoms with Gasteiger partial charge in [0.05, 0.1) is 19.3 Å². The first-order chi connectivity index (χ1) is 10.3. The summed E-state index contributed by atoms with van der Waals surface area (Å²) < 4.78 is 10.3. The van der Waals surface area contributed by atoms with Gasteiger partial charge >= 0.3 is 5.97 Å². The molecule has 0 heterocycles. The van der Waals surface area contributed by atoms with E-state index in [0.29, 0.717) is 12.2 Å². The molecule has 1 aromatic carbocycles. The molecule has 3 nitrogen and oxygen atoms in total. The molecule has 0 radical (unpaired) electrons. The lowest BCUT2D eigenvalue weighted by molar-refractivity contribution is 0.0600. The van der Waals surface area contributed by atoms with Gasteiger partial charge in [-0.05, 0) is 49.9 Å². The van der Waals surface area contributed by atoms with E-state index in [4.69, 9.17) is 4.74 Å². The Kier molecular flexibility index (Phi) is 9.01. The average molecular weight is 290 g/mol. The first-order valence-corrected chi connectivity index (χ1v) is 7.74. The van der Waals surface area contributed by atoms with Crippen LogP contribution in [0.3, 0.4) is 0 Å². The number of ether oxygens (including phenoxy) is 2. The molecule has 0 aliphatic heterocycles. The van der Waals surface area contributed by atoms with Crippen molar-refractivity contribution in [2.75, 3.05) is 13.7 Å². The molecule has 0 aromatic heterocycles. The monoisotopic (exact) mass is 290 g/mol. The molecule has 0 bridgehead atoms. The maximum absolute atomic E-state index is 11.3. The number of esters is 1. The highest BCUT2D eigenvalue weighted by Gasteiger charge is 2.04. The maximum atomic E-state index is 11.3. The van der Waals surface area contributed by atoms with Crippen LogP contribution in [0.15, 0.2) is 36.4 Å². The Morgan fingerprint density at radius 3 is 2.33 bits per heavy atom. The largest absolute Gasteiger partial charge is 0.494 e. The number of carbonyl (C=O) groups excluding carboxylic acids is 1. The number of benzene rings is 1. The van der Waals surface area contributed by atoms with E-state index < -0.39 is 0 Å². The molecule has 0 N–H and O–H groups in total. The Hall–Kier alpha value is -1.77. The lowest BCUT2D eigenvalue weighted by Crippen LogP contribution is -2.01. The summed E-state index contributed by atoms with van der Waals surface area (Å²) in [6, 6.07) is 7.04. The summed E-state index contributed by atoms with van der Waals surface area (Å²) in [5.41, 5.74) is 0.544. The summed E-state index contributed by atoms with van der Waals surface area (Å²) in [7, 11) is 1.38. The van der Waals surface area contributed by atoms with Crippen LogP contribution in [0.25, 0.3) is 0 Å². The predicted octanol–water partition coefficient (Wildman–Crippen LogP) is 4.77. The number of hydrogen-bond acceptors (Lipinski definition) is 3. The van der Waals surface area contributed by atoms with Crippen molar-refractivity contribution in [2.45, 2.75) is 45.4 Å². The van der Waals surface area contributed by atoms with Gasteiger partial charge in [-0.1, -0.05) is 31.9 Å². The Labute approximate surface area is 128 Å². The fourth-order valence-corrected chi connectivity index (χ4v) is 1.92. The molecule has 0 saturated heterocycles. The molecule has 0 amide bonds. The smallest absolute Gasteiger partial charge is 0.337 e. The number of allylic oxidation sites excluding steroid dienone is 2. The summed E-state index contributed by atoms with van der Waals surface area (Å²) in [4.78, 5) is 11.3. The van der Waals surface area contributed by atoms with Crippen LogP contribution in [0.2, 0.25) is 0 Å². The third-order valence-corrected chi connectivity index (χ3v) is 3.20. The molecule has 1 rings (SSSR count). The van der Waals surface area contributed by atoms with Gasteiger partial charge < -0.3 is 9.47 Å². The minimum absolute atomic E-state index is 0.323. The Bertz CT molecular complexity index is 421. The van der Waals surface area contributed by atoms with Crippen LogP contribution in [-0.2, 0) is 4.74 Å². The lowest BCUT2D eigenvalue weighted by atomic mass is 10.2. The van der Waals surface area contributed by atoms with Gasteiger partial charge in [0.2, 0.25) is 0 Å². The standard InChI is InChI=1S/C18H26O3/c1-3-4-5-6-7-8-9-10-15-21-17-13-11-16(12-14-17)18(19)20-2/h6-7,11-14H,3-5,8-10,15H2,1-2H3/b7-6+. The minimum Gasteiger partial charge on any atom is -0.494 e. The molecule has 0 aliphatic rings. The van der Waals surface area contributed by atoms with E-state index in [-0.39, 0.29) is 5.97 Å². The van der Waals surface area contributed by atoms with Gasteiger partial charge in [-0.25, -0.2) is 4.79 Å². The molecule has 0 atom stereocenters. The highest BCUT2D eigenvalue weighted by molar-refractivity contribution is 5.89. The number of hydrogen-bond donors (Lipinski definition) is 0. The highest BCUT2D eigenvalue weighted by Crippen LogP contribution is 2.13. The van der Waals surface area contributed by atoms with E-state index in [0.717, 1.165) is 25.0 Å². The molecule has 116 valence electrons. The normalized spacial score (nSPS) is 10.8. The van der Waals surface area contributed by atoms with Crippen LogP contribution in [0.5, 0.6) is 5.75 Å². The third kappa shape index (κ3) is 7.54. The van der Waals surface area contributed by atoms with Crippen molar-refractivity contribution >= 4 is 5.97 Å². The Morgan fingerprint density at radius 1 is 1.05 bits per heavy atom. The summed E-state index contributed by atoms with van der Waals surface area (Å²) in [6.45, 7) is 2.92. The molecule has 21 heavy (non-hydrogen) atoms. The zero-order valence-corrected chi connectivity index (χ0v) is 13.1. The quantitative estimate of drug-likeness (QED) is 0.354. The van der Waals surface area contributed by atoms with Crippen molar-refractivity contribution in [2.24, 2.45) is 0 Å². The third-order valence-electron chi connectivity index (χ3n) is 3.20. The van der Waals surface area contributed by atoms with Gasteiger partial charge in [0, 0.05) is 0 Å². The van der Waals surface area contributed by atoms with E-state index in [1.165, 1.54) is 26.4 Å². The number of methoxy groups -OCH3 is 1. The first kappa shape index (κ1) is 17.3. The van der Waals surface area contributed by atoms with Crippen LogP contribution >= 0.6 is 0 Å². The van der Waals surface area contributed by atoms with Gasteiger partial charge in [0.25, 0.3) is 0 Å². The second-order valence-electron chi connectivity index (χ2n) is 4.97. The zero-order chi connectivity index (χ0) is 15.3. The van der Waals surface area contributed by atoms with Gasteiger partial charge in [-0.15, -0.1) is 0 Å². The molecule has 0 spiro atoms. The predicted molar refractivity (Wildman–Crippen MR) is 85.8 cm³/mol. The van der Waals surface area contributed by atoms with Crippen molar-refractivity contribution in [3.8, 4) is 5.75 Å². The zero-order valence-electron chi connectivity index (χ0n) is 13.1. The van der Waals surface area contributed by atoms with E-state index in [1.807, 2.05) is 0 Å². The van der Waals surface area contributed by atoms with Crippen molar-refractivity contribution in [3.05, 3.63) is 42.0 Å². The van der Waals surface area contributed by atoms with E-state index >= 15 is 0 Å². The van der Waals surface area contributed by atoms with Gasteiger partial charge in [-0.2, -0.15) is 0 Å². The SMILES string of the molecule is CCCC/C=C/CCCCOc1ccc(C(=O)OC)cc1. The highest BCUT2D eigenvalue weighted by atomic mass is 16.5. The average Bonchev–Trinajstić information content (AvgIpc) is 2.53. The van der Waals surface area contributed by atoms with E-state index in [2.05, 4.69) is 23.8 Å². The van der Waals surface area contributed by atoms with Crippen molar-refractivity contribution < 1.29 is 14.3 Å². The second kappa shape index (κ2) is 11.0. The first-order valence-electron chi connectivity index (χ1n) is 7.74. The van der Waals surface area contributed by atoms with Crippen molar-refractivity contribution in [1.29, 1.82) is 0 Å². The van der Waals surface area contributed by atoms with Gasteiger partial charge in [0.1, 0.15) is 5.75 Å². The minimum atomic E-state index is -0.323. The van der Waals surface area contributed by atoms with Crippen molar-refractivity contribution in [1.82, 2.24) is 0 Å². The van der Waals surface area contributed by atoms with Crippen LogP contribution in [-0.4, -0.2) is 19.7 Å². The maximum Gasteiger partial charge on any atom is 0.337 e. The van der Waals surface area contributed by atoms with Crippen LogP contribution in [0.4, 0.5) is 0 Å². The van der Waals surface area contributed by atoms with Crippen LogP contribution < -0.4 is 4.74 Å². The number of carbonyl (C=O) groups is 1. The number of rotatable bonds is 10. The van der Waals surface area contributed by atoms with Crippen molar-refractivity contribution in [3.63, 3.8) is 0 Å². The fourth-order valence-electron chi connectivity index (χ4n) is 1.92. The van der Waals surface area contributed by atoms with Crippen LogP contribution in [0.1, 0.15) is 55.8 Å². The number of unbranched alkanes of at least 4 members (excludes halogenated alkanes) is 4. The van der Waals surface area contributed by atoms with E-state index in [9.17, 15) is 4.79 Å². The molecule has 1 aromatic rings. The Morgan fingerprint density at radius 2 is 1.71 bits per heavy atom. The summed E-state index contributed by atoms with van der Waals surface area (Å²) in [5.74, 6) is 0.470. The van der Waals surface area contributed by atoms with E-state index in [1.54, 1.807) is 24.3 Å². The molecular weight excluding hydrogens is 264 g/mol.